The van der Waals surface area contributed by atoms with Crippen LogP contribution in [0, 0.1) is 0 Å². The zero-order valence-corrected chi connectivity index (χ0v) is 13.8. The summed E-state index contributed by atoms with van der Waals surface area (Å²) < 4.78 is 7.38. The summed E-state index contributed by atoms with van der Waals surface area (Å²) in [4.78, 5) is 11.4. The molecule has 0 aromatic heterocycles. The lowest BCUT2D eigenvalue weighted by Gasteiger charge is -2.01. The average molecular weight is 460 g/mol. The third kappa shape index (κ3) is 4.55. The third-order valence-electron chi connectivity index (χ3n) is 1.65. The third-order valence-corrected chi connectivity index (χ3v) is 3.32. The highest BCUT2D eigenvalue weighted by Gasteiger charge is 2.06. The van der Waals surface area contributed by atoms with Crippen LogP contribution in [0.3, 0.4) is 0 Å². The first-order valence-corrected chi connectivity index (χ1v) is 7.20. The Kier molecular flexibility index (Phi) is 5.99. The van der Waals surface area contributed by atoms with Gasteiger partial charge in [-0.2, -0.15) is 0 Å². The first-order valence-electron chi connectivity index (χ1n) is 4.53. The molecule has 1 aromatic rings. The number of rotatable bonds is 3. The van der Waals surface area contributed by atoms with E-state index < -0.39 is 0 Å². The molecular formula is C11H9Br2IO2. The molecule has 0 saturated heterocycles. The Morgan fingerprint density at radius 3 is 2.44 bits per heavy atom. The average Bonchev–Trinajstić information content (AvgIpc) is 2.16. The van der Waals surface area contributed by atoms with Crippen LogP contribution in [0.4, 0.5) is 0 Å². The Bertz CT molecular complexity index is 410. The fourth-order valence-corrected chi connectivity index (χ4v) is 2.91. The van der Waals surface area contributed by atoms with E-state index in [9.17, 15) is 4.79 Å². The first-order chi connectivity index (χ1) is 7.52. The van der Waals surface area contributed by atoms with Gasteiger partial charge in [-0.15, -0.1) is 0 Å². The summed E-state index contributed by atoms with van der Waals surface area (Å²) in [7, 11) is 0. The topological polar surface area (TPSA) is 26.3 Å². The van der Waals surface area contributed by atoms with Gasteiger partial charge in [0.1, 0.15) is 0 Å². The van der Waals surface area contributed by atoms with Crippen molar-refractivity contribution in [1.29, 1.82) is 0 Å². The number of ether oxygens (including phenoxy) is 1. The summed E-state index contributed by atoms with van der Waals surface area (Å²) in [6, 6.07) is 5.81. The summed E-state index contributed by atoms with van der Waals surface area (Å²) in [5, 5.41) is 0. The standard InChI is InChI=1S/C11H9Br2IO2/c1-2-16-11(15)10(14)5-7-3-8(12)6-9(13)4-7/h3-6H,2H2,1H3. The molecule has 0 saturated carbocycles. The summed E-state index contributed by atoms with van der Waals surface area (Å²) >= 11 is 8.76. The monoisotopic (exact) mass is 458 g/mol. The van der Waals surface area contributed by atoms with Gasteiger partial charge in [0, 0.05) is 8.95 Å². The molecule has 0 spiro atoms. The van der Waals surface area contributed by atoms with Crippen molar-refractivity contribution in [2.24, 2.45) is 0 Å². The number of halogens is 3. The summed E-state index contributed by atoms with van der Waals surface area (Å²) in [6.45, 7) is 2.18. The van der Waals surface area contributed by atoms with E-state index in [-0.39, 0.29) is 5.97 Å². The van der Waals surface area contributed by atoms with E-state index in [2.05, 4.69) is 31.9 Å². The molecular weight excluding hydrogens is 451 g/mol. The summed E-state index contributed by atoms with van der Waals surface area (Å²) in [6.07, 6.45) is 1.79. The number of esters is 1. The molecule has 86 valence electrons. The summed E-state index contributed by atoms with van der Waals surface area (Å²) in [5.41, 5.74) is 0.943. The minimum absolute atomic E-state index is 0.292. The van der Waals surface area contributed by atoms with Crippen LogP contribution in [0.5, 0.6) is 0 Å². The maximum Gasteiger partial charge on any atom is 0.344 e. The highest BCUT2D eigenvalue weighted by molar-refractivity contribution is 14.1. The van der Waals surface area contributed by atoms with Gasteiger partial charge >= 0.3 is 5.97 Å². The largest absolute Gasteiger partial charge is 0.462 e. The second-order valence-electron chi connectivity index (χ2n) is 2.92. The molecule has 2 nitrogen and oxygen atoms in total. The smallest absolute Gasteiger partial charge is 0.344 e. The molecule has 0 N–H and O–H groups in total. The van der Waals surface area contributed by atoms with Crippen molar-refractivity contribution in [2.75, 3.05) is 6.61 Å². The van der Waals surface area contributed by atoms with Crippen LogP contribution in [-0.2, 0) is 9.53 Å². The SMILES string of the molecule is CCOC(=O)C(I)=Cc1cc(Br)cc(Br)c1. The van der Waals surface area contributed by atoms with Gasteiger partial charge in [0.15, 0.2) is 0 Å². The molecule has 0 atom stereocenters. The van der Waals surface area contributed by atoms with E-state index in [1.54, 1.807) is 13.0 Å². The lowest BCUT2D eigenvalue weighted by Crippen LogP contribution is -2.02. The second-order valence-corrected chi connectivity index (χ2v) is 5.91. The molecule has 1 aromatic carbocycles. The van der Waals surface area contributed by atoms with E-state index in [1.165, 1.54) is 0 Å². The molecule has 0 radical (unpaired) electrons. The highest BCUT2D eigenvalue weighted by Crippen LogP contribution is 2.23. The molecule has 0 heterocycles. The molecule has 0 aliphatic rings. The molecule has 0 bridgehead atoms. The maximum atomic E-state index is 11.4. The predicted molar refractivity (Wildman–Crippen MR) is 80.5 cm³/mol. The van der Waals surface area contributed by atoms with Gasteiger partial charge in [0.05, 0.1) is 10.2 Å². The van der Waals surface area contributed by atoms with Gasteiger partial charge in [0.25, 0.3) is 0 Å². The number of carbonyl (C=O) groups excluding carboxylic acids is 1. The Labute approximate surface area is 125 Å². The molecule has 0 unspecified atom stereocenters. The molecule has 0 aliphatic heterocycles. The number of hydrogen-bond donors (Lipinski definition) is 0. The quantitative estimate of drug-likeness (QED) is 0.376. The fourth-order valence-electron chi connectivity index (χ4n) is 1.06. The molecule has 0 amide bonds. The van der Waals surface area contributed by atoms with Crippen molar-refractivity contribution in [1.82, 2.24) is 0 Å². The zero-order chi connectivity index (χ0) is 12.1. The minimum atomic E-state index is -0.292. The van der Waals surface area contributed by atoms with Crippen LogP contribution in [0.2, 0.25) is 0 Å². The highest BCUT2D eigenvalue weighted by atomic mass is 127. The van der Waals surface area contributed by atoms with Gasteiger partial charge in [-0.1, -0.05) is 31.9 Å². The Morgan fingerprint density at radius 2 is 1.94 bits per heavy atom. The van der Waals surface area contributed by atoms with Gasteiger partial charge in [-0.25, -0.2) is 4.79 Å². The number of carbonyl (C=O) groups is 1. The Morgan fingerprint density at radius 1 is 1.38 bits per heavy atom. The second kappa shape index (κ2) is 6.76. The van der Waals surface area contributed by atoms with Gasteiger partial charge < -0.3 is 4.74 Å². The Balaban J connectivity index is 2.93. The van der Waals surface area contributed by atoms with E-state index in [4.69, 9.17) is 4.74 Å². The van der Waals surface area contributed by atoms with E-state index in [0.29, 0.717) is 10.2 Å². The maximum absolute atomic E-state index is 11.4. The van der Waals surface area contributed by atoms with Gasteiger partial charge in [0.2, 0.25) is 0 Å². The predicted octanol–water partition coefficient (Wildman–Crippen LogP) is 4.55. The van der Waals surface area contributed by atoms with E-state index in [0.717, 1.165) is 14.5 Å². The normalized spacial score (nSPS) is 11.4. The lowest BCUT2D eigenvalue weighted by atomic mass is 10.2. The van der Waals surface area contributed by atoms with Crippen LogP contribution in [0.1, 0.15) is 12.5 Å². The minimum Gasteiger partial charge on any atom is -0.462 e. The molecule has 0 fully saturated rings. The molecule has 5 heteroatoms. The molecule has 1 rings (SSSR count). The van der Waals surface area contributed by atoms with Crippen LogP contribution >= 0.6 is 54.5 Å². The van der Waals surface area contributed by atoms with Crippen molar-refractivity contribution in [3.63, 3.8) is 0 Å². The van der Waals surface area contributed by atoms with Crippen molar-refractivity contribution in [3.8, 4) is 0 Å². The number of hydrogen-bond acceptors (Lipinski definition) is 2. The van der Waals surface area contributed by atoms with Crippen LogP contribution in [0.25, 0.3) is 6.08 Å². The Hall–Kier alpha value is 0.120. The summed E-state index contributed by atoms with van der Waals surface area (Å²) in [5.74, 6) is -0.292. The van der Waals surface area contributed by atoms with Crippen LogP contribution < -0.4 is 0 Å². The van der Waals surface area contributed by atoms with Gasteiger partial charge in [-0.3, -0.25) is 0 Å². The zero-order valence-electron chi connectivity index (χ0n) is 8.47. The van der Waals surface area contributed by atoms with E-state index in [1.807, 2.05) is 40.8 Å². The van der Waals surface area contributed by atoms with Crippen molar-refractivity contribution < 1.29 is 9.53 Å². The molecule has 16 heavy (non-hydrogen) atoms. The van der Waals surface area contributed by atoms with Crippen molar-refractivity contribution in [3.05, 3.63) is 36.3 Å². The number of benzene rings is 1. The van der Waals surface area contributed by atoms with Crippen molar-refractivity contribution in [2.45, 2.75) is 6.92 Å². The van der Waals surface area contributed by atoms with E-state index >= 15 is 0 Å². The van der Waals surface area contributed by atoms with Crippen LogP contribution in [0.15, 0.2) is 30.7 Å². The van der Waals surface area contributed by atoms with Crippen LogP contribution in [-0.4, -0.2) is 12.6 Å². The first kappa shape index (κ1) is 14.2. The fraction of sp³-hybridized carbons (Fsp3) is 0.182. The van der Waals surface area contributed by atoms with Gasteiger partial charge in [-0.05, 0) is 59.4 Å². The van der Waals surface area contributed by atoms with Crippen molar-refractivity contribution >= 4 is 66.5 Å². The lowest BCUT2D eigenvalue weighted by molar-refractivity contribution is -0.137. The molecule has 0 aliphatic carbocycles.